The summed E-state index contributed by atoms with van der Waals surface area (Å²) in [4.78, 5) is 25.8. The molecule has 6 nitrogen and oxygen atoms in total. The SMILES string of the molecule is NCCc1ccc(C(=O)N2CC[C@H]3OCC(=O)N[C@H]3C2)cc1. The number of amides is 2. The van der Waals surface area contributed by atoms with E-state index in [4.69, 9.17) is 10.5 Å². The van der Waals surface area contributed by atoms with Gasteiger partial charge in [0.15, 0.2) is 0 Å². The zero-order chi connectivity index (χ0) is 15.5. The third-order valence-corrected chi connectivity index (χ3v) is 4.25. The Labute approximate surface area is 129 Å². The molecule has 2 saturated heterocycles. The Morgan fingerprint density at radius 3 is 2.86 bits per heavy atom. The van der Waals surface area contributed by atoms with E-state index in [1.807, 2.05) is 24.3 Å². The van der Waals surface area contributed by atoms with Gasteiger partial charge in [0.05, 0.1) is 12.1 Å². The van der Waals surface area contributed by atoms with E-state index in [0.717, 1.165) is 18.4 Å². The van der Waals surface area contributed by atoms with Crippen LogP contribution >= 0.6 is 0 Å². The number of hydrogen-bond donors (Lipinski definition) is 2. The topological polar surface area (TPSA) is 84.7 Å². The van der Waals surface area contributed by atoms with E-state index in [1.165, 1.54) is 0 Å². The predicted octanol–water partition coefficient (Wildman–Crippen LogP) is -0.0827. The van der Waals surface area contributed by atoms with Crippen molar-refractivity contribution in [1.82, 2.24) is 10.2 Å². The van der Waals surface area contributed by atoms with Gasteiger partial charge >= 0.3 is 0 Å². The summed E-state index contributed by atoms with van der Waals surface area (Å²) in [6.45, 7) is 1.88. The highest BCUT2D eigenvalue weighted by atomic mass is 16.5. The third-order valence-electron chi connectivity index (χ3n) is 4.25. The zero-order valence-corrected chi connectivity index (χ0v) is 12.5. The van der Waals surface area contributed by atoms with Crippen molar-refractivity contribution in [2.75, 3.05) is 26.2 Å². The number of likely N-dealkylation sites (tertiary alicyclic amines) is 1. The number of fused-ring (bicyclic) bond motifs is 1. The molecule has 118 valence electrons. The van der Waals surface area contributed by atoms with E-state index in [0.29, 0.717) is 25.2 Å². The number of hydrogen-bond acceptors (Lipinski definition) is 4. The normalized spacial score (nSPS) is 24.6. The maximum Gasteiger partial charge on any atom is 0.253 e. The second kappa shape index (κ2) is 6.46. The summed E-state index contributed by atoms with van der Waals surface area (Å²) < 4.78 is 5.51. The van der Waals surface area contributed by atoms with Crippen LogP contribution in [-0.2, 0) is 16.0 Å². The van der Waals surface area contributed by atoms with E-state index < -0.39 is 0 Å². The number of carbonyl (C=O) groups excluding carboxylic acids is 2. The van der Waals surface area contributed by atoms with Crippen molar-refractivity contribution in [3.8, 4) is 0 Å². The molecule has 0 bridgehead atoms. The van der Waals surface area contributed by atoms with Crippen LogP contribution < -0.4 is 11.1 Å². The first-order chi connectivity index (χ1) is 10.7. The number of carbonyl (C=O) groups is 2. The van der Waals surface area contributed by atoms with Gasteiger partial charge in [0.1, 0.15) is 6.61 Å². The Kier molecular flexibility index (Phi) is 4.40. The van der Waals surface area contributed by atoms with Crippen molar-refractivity contribution >= 4 is 11.8 Å². The minimum Gasteiger partial charge on any atom is -0.366 e. The maximum absolute atomic E-state index is 12.6. The van der Waals surface area contributed by atoms with Gasteiger partial charge in [0.25, 0.3) is 5.91 Å². The number of morpholine rings is 1. The molecule has 3 rings (SSSR count). The predicted molar refractivity (Wildman–Crippen MR) is 81.4 cm³/mol. The molecule has 2 atom stereocenters. The first-order valence-corrected chi connectivity index (χ1v) is 7.66. The molecule has 2 fully saturated rings. The van der Waals surface area contributed by atoms with Gasteiger partial charge in [0.2, 0.25) is 5.91 Å². The molecule has 2 heterocycles. The number of piperidine rings is 1. The molecule has 1 aromatic rings. The number of rotatable bonds is 3. The van der Waals surface area contributed by atoms with Crippen LogP contribution in [0.1, 0.15) is 22.3 Å². The lowest BCUT2D eigenvalue weighted by Crippen LogP contribution is -2.61. The Balaban J connectivity index is 1.66. The lowest BCUT2D eigenvalue weighted by Gasteiger charge is -2.41. The Bertz CT molecular complexity index is 558. The second-order valence-corrected chi connectivity index (χ2v) is 5.80. The molecule has 2 aliphatic rings. The Hall–Kier alpha value is -1.92. The number of nitrogens with one attached hydrogen (secondary N) is 1. The molecule has 6 heteroatoms. The fourth-order valence-electron chi connectivity index (χ4n) is 3.05. The summed E-state index contributed by atoms with van der Waals surface area (Å²) in [5.41, 5.74) is 7.33. The van der Waals surface area contributed by atoms with Crippen LogP contribution in [0.4, 0.5) is 0 Å². The lowest BCUT2D eigenvalue weighted by molar-refractivity contribution is -0.139. The van der Waals surface area contributed by atoms with Gasteiger partial charge in [-0.1, -0.05) is 12.1 Å². The van der Waals surface area contributed by atoms with Crippen molar-refractivity contribution in [3.05, 3.63) is 35.4 Å². The summed E-state index contributed by atoms with van der Waals surface area (Å²) in [5, 5.41) is 2.91. The summed E-state index contributed by atoms with van der Waals surface area (Å²) >= 11 is 0. The van der Waals surface area contributed by atoms with Crippen LogP contribution in [0.5, 0.6) is 0 Å². The molecule has 2 aliphatic heterocycles. The van der Waals surface area contributed by atoms with Gasteiger partial charge in [-0.25, -0.2) is 0 Å². The summed E-state index contributed by atoms with van der Waals surface area (Å²) in [5.74, 6) is -0.112. The minimum atomic E-state index is -0.110. The van der Waals surface area contributed by atoms with Crippen LogP contribution in [0.3, 0.4) is 0 Å². The van der Waals surface area contributed by atoms with E-state index >= 15 is 0 Å². The van der Waals surface area contributed by atoms with Gasteiger partial charge in [0, 0.05) is 18.7 Å². The summed E-state index contributed by atoms with van der Waals surface area (Å²) in [6.07, 6.45) is 1.58. The first-order valence-electron chi connectivity index (χ1n) is 7.66. The van der Waals surface area contributed by atoms with Crippen molar-refractivity contribution in [2.24, 2.45) is 5.73 Å². The van der Waals surface area contributed by atoms with Gasteiger partial charge < -0.3 is 20.7 Å². The third kappa shape index (κ3) is 3.13. The summed E-state index contributed by atoms with van der Waals surface area (Å²) in [6, 6.07) is 7.47. The number of benzene rings is 1. The van der Waals surface area contributed by atoms with Crippen molar-refractivity contribution in [1.29, 1.82) is 0 Å². The molecular weight excluding hydrogens is 282 g/mol. The minimum absolute atomic E-state index is 0.00225. The van der Waals surface area contributed by atoms with E-state index in [1.54, 1.807) is 4.90 Å². The highest BCUT2D eigenvalue weighted by Crippen LogP contribution is 2.19. The van der Waals surface area contributed by atoms with E-state index in [9.17, 15) is 9.59 Å². The molecule has 0 saturated carbocycles. The van der Waals surface area contributed by atoms with Crippen LogP contribution in [0.2, 0.25) is 0 Å². The Morgan fingerprint density at radius 1 is 1.36 bits per heavy atom. The maximum atomic E-state index is 12.6. The largest absolute Gasteiger partial charge is 0.366 e. The first kappa shape index (κ1) is 15.0. The molecule has 0 spiro atoms. The van der Waals surface area contributed by atoms with Crippen molar-refractivity contribution in [2.45, 2.75) is 25.0 Å². The van der Waals surface area contributed by atoms with Gasteiger partial charge in [-0.15, -0.1) is 0 Å². The average molecular weight is 303 g/mol. The molecular formula is C16H21N3O3. The smallest absolute Gasteiger partial charge is 0.253 e. The van der Waals surface area contributed by atoms with Crippen LogP contribution in [0.25, 0.3) is 0 Å². The molecule has 0 aliphatic carbocycles. The number of nitrogens with zero attached hydrogens (tertiary/aromatic N) is 1. The van der Waals surface area contributed by atoms with Crippen LogP contribution in [0.15, 0.2) is 24.3 Å². The average Bonchev–Trinajstić information content (AvgIpc) is 2.54. The summed E-state index contributed by atoms with van der Waals surface area (Å²) in [7, 11) is 0. The van der Waals surface area contributed by atoms with Crippen LogP contribution in [-0.4, -0.2) is 55.1 Å². The zero-order valence-electron chi connectivity index (χ0n) is 12.5. The quantitative estimate of drug-likeness (QED) is 0.818. The molecule has 2 amide bonds. The molecule has 0 unspecified atom stereocenters. The number of nitrogens with two attached hydrogens (primary N) is 1. The Morgan fingerprint density at radius 2 is 2.14 bits per heavy atom. The van der Waals surface area contributed by atoms with Crippen molar-refractivity contribution in [3.63, 3.8) is 0 Å². The second-order valence-electron chi connectivity index (χ2n) is 5.80. The van der Waals surface area contributed by atoms with Gasteiger partial charge in [-0.05, 0) is 37.1 Å². The fourth-order valence-corrected chi connectivity index (χ4v) is 3.05. The highest BCUT2D eigenvalue weighted by molar-refractivity contribution is 5.94. The molecule has 0 radical (unpaired) electrons. The standard InChI is InChI=1S/C16H21N3O3/c17-7-5-11-1-3-12(4-2-11)16(21)19-8-6-14-13(9-19)18-15(20)10-22-14/h1-4,13-14H,5-10,17H2,(H,18,20)/t13-,14+/m0/s1. The number of ether oxygens (including phenoxy) is 1. The molecule has 3 N–H and O–H groups in total. The van der Waals surface area contributed by atoms with Gasteiger partial charge in [-0.2, -0.15) is 0 Å². The van der Waals surface area contributed by atoms with E-state index in [2.05, 4.69) is 5.32 Å². The van der Waals surface area contributed by atoms with Crippen LogP contribution in [0, 0.1) is 0 Å². The lowest BCUT2D eigenvalue weighted by atomic mass is 9.99. The van der Waals surface area contributed by atoms with E-state index in [-0.39, 0.29) is 30.6 Å². The van der Waals surface area contributed by atoms with Crippen molar-refractivity contribution < 1.29 is 14.3 Å². The van der Waals surface area contributed by atoms with Gasteiger partial charge in [-0.3, -0.25) is 9.59 Å². The monoisotopic (exact) mass is 303 g/mol. The fraction of sp³-hybridized carbons (Fsp3) is 0.500. The molecule has 1 aromatic carbocycles. The molecule has 0 aromatic heterocycles. The highest BCUT2D eigenvalue weighted by Gasteiger charge is 2.36. The molecule has 22 heavy (non-hydrogen) atoms.